The van der Waals surface area contributed by atoms with E-state index in [2.05, 4.69) is 40.3 Å². The third-order valence-corrected chi connectivity index (χ3v) is 12.2. The van der Waals surface area contributed by atoms with Gasteiger partial charge in [-0.25, -0.2) is 4.98 Å². The van der Waals surface area contributed by atoms with Gasteiger partial charge in [-0.1, -0.05) is 18.9 Å². The highest BCUT2D eigenvalue weighted by Gasteiger charge is 2.40. The van der Waals surface area contributed by atoms with Crippen molar-refractivity contribution in [2.75, 3.05) is 62.6 Å². The van der Waals surface area contributed by atoms with Crippen molar-refractivity contribution in [1.29, 1.82) is 0 Å². The Morgan fingerprint density at radius 1 is 0.919 bits per heavy atom. The average molecular weight is 874 g/mol. The number of ether oxygens (including phenoxy) is 2. The summed E-state index contributed by atoms with van der Waals surface area (Å²) in [6, 6.07) is 14.4. The summed E-state index contributed by atoms with van der Waals surface area (Å²) < 4.78 is 36.5. The summed E-state index contributed by atoms with van der Waals surface area (Å²) in [5.41, 5.74) is -0.229. The number of pyridine rings is 1. The lowest BCUT2D eigenvalue weighted by molar-refractivity contribution is -0.136. The van der Waals surface area contributed by atoms with Crippen molar-refractivity contribution in [3.63, 3.8) is 0 Å². The topological polar surface area (TPSA) is 165 Å². The molecule has 0 spiro atoms. The second kappa shape index (κ2) is 19.2. The minimum atomic E-state index is -3.83. The quantitative estimate of drug-likeness (QED) is 0.0700. The number of unbranched alkanes of at least 4 members (excludes halogenated alkanes) is 3. The first-order chi connectivity index (χ1) is 30.0. The van der Waals surface area contributed by atoms with E-state index in [0.29, 0.717) is 48.2 Å². The second-order valence-corrected chi connectivity index (χ2v) is 16.6. The SMILES string of the molecule is O=C1CCC(N2Cc3c(OCCCCCCN4CCN(C5CCN(c6ncc(C(=O)Nc7ccc(OC(F)(F)Cl)cc7)cc6-c6ccn[nH]6)CC5)CC4)cccc3C2=O)C(=O)N1. The standard InChI is InChI=1S/C44H50ClF2N9O6/c45-44(46,47)62-32-10-8-30(9-11-32)50-41(58)29-26-34(36-14-17-49-52-36)40(48-27-29)55-19-15-31(16-20-55)54-23-21-53(22-24-54)18-3-1-2-4-25-61-38-7-5-6-33-35(38)28-56(43(33)60)37-12-13-39(57)51-42(37)59/h5-11,14,17,26-27,31,37H,1-4,12-13,15-16,18-25,28H2,(H,49,52)(H,50,58)(H,51,57,59). The van der Waals surface area contributed by atoms with Crippen LogP contribution in [0.15, 0.2) is 67.0 Å². The number of nitrogens with one attached hydrogen (secondary N) is 3. The number of nitrogens with zero attached hydrogens (tertiary/aromatic N) is 6. The van der Waals surface area contributed by atoms with E-state index in [1.165, 1.54) is 24.3 Å². The van der Waals surface area contributed by atoms with Gasteiger partial charge in [0.15, 0.2) is 0 Å². The molecule has 2 aromatic carbocycles. The van der Waals surface area contributed by atoms with Gasteiger partial charge in [0.25, 0.3) is 11.8 Å². The number of rotatable bonds is 16. The predicted octanol–water partition coefficient (Wildman–Crippen LogP) is 5.88. The van der Waals surface area contributed by atoms with E-state index in [-0.39, 0.29) is 24.0 Å². The zero-order valence-corrected chi connectivity index (χ0v) is 35.0. The van der Waals surface area contributed by atoms with Crippen LogP contribution in [0.2, 0.25) is 0 Å². The number of anilines is 2. The highest BCUT2D eigenvalue weighted by molar-refractivity contribution is 6.20. The Balaban J connectivity index is 0.741. The maximum atomic E-state index is 13.2. The van der Waals surface area contributed by atoms with E-state index in [1.807, 2.05) is 18.2 Å². The number of halogens is 3. The minimum absolute atomic E-state index is 0.136. The number of aromatic nitrogens is 3. The zero-order chi connectivity index (χ0) is 43.2. The fourth-order valence-corrected chi connectivity index (χ4v) is 8.93. The fourth-order valence-electron chi connectivity index (χ4n) is 8.84. The molecule has 4 aliphatic rings. The highest BCUT2D eigenvalue weighted by Crippen LogP contribution is 2.35. The minimum Gasteiger partial charge on any atom is -0.493 e. The molecular weight excluding hydrogens is 824 g/mol. The van der Waals surface area contributed by atoms with Crippen molar-refractivity contribution in [3.8, 4) is 22.8 Å². The molecule has 4 aliphatic heterocycles. The maximum Gasteiger partial charge on any atom is 0.487 e. The van der Waals surface area contributed by atoms with Crippen LogP contribution in [-0.2, 0) is 16.1 Å². The van der Waals surface area contributed by atoms with E-state index in [9.17, 15) is 28.0 Å². The first-order valence-corrected chi connectivity index (χ1v) is 21.6. The van der Waals surface area contributed by atoms with Crippen LogP contribution in [0.25, 0.3) is 11.3 Å². The van der Waals surface area contributed by atoms with Gasteiger partial charge in [0.1, 0.15) is 23.4 Å². The number of alkyl halides is 3. The molecule has 1 atom stereocenters. The van der Waals surface area contributed by atoms with Gasteiger partial charge in [0, 0.05) is 98.1 Å². The molecule has 0 radical (unpaired) electrons. The van der Waals surface area contributed by atoms with E-state index < -0.39 is 23.4 Å². The van der Waals surface area contributed by atoms with Crippen LogP contribution in [0.1, 0.15) is 77.6 Å². The Hall–Kier alpha value is -5.65. The highest BCUT2D eigenvalue weighted by atomic mass is 35.5. The van der Waals surface area contributed by atoms with Gasteiger partial charge in [-0.2, -0.15) is 5.10 Å². The second-order valence-electron chi connectivity index (χ2n) is 16.1. The Bertz CT molecular complexity index is 2230. The molecular formula is C44H50ClF2N9O6. The number of benzene rings is 2. The molecule has 1 unspecified atom stereocenters. The number of H-pyrrole nitrogens is 1. The number of amides is 4. The molecule has 8 rings (SSSR count). The molecule has 0 saturated carbocycles. The van der Waals surface area contributed by atoms with Crippen LogP contribution in [0.5, 0.6) is 11.5 Å². The number of fused-ring (bicyclic) bond motifs is 1. The van der Waals surface area contributed by atoms with Crippen molar-refractivity contribution < 1.29 is 37.4 Å². The van der Waals surface area contributed by atoms with E-state index in [4.69, 9.17) is 21.3 Å². The normalized spacial score (nSPS) is 19.1. The van der Waals surface area contributed by atoms with Gasteiger partial charge in [-0.05, 0) is 87.2 Å². The van der Waals surface area contributed by atoms with E-state index >= 15 is 0 Å². The molecule has 2 aromatic heterocycles. The van der Waals surface area contributed by atoms with Crippen LogP contribution < -0.4 is 25.0 Å². The Morgan fingerprint density at radius 2 is 1.69 bits per heavy atom. The molecule has 4 aromatic rings. The van der Waals surface area contributed by atoms with Crippen molar-refractivity contribution in [2.45, 2.75) is 75.6 Å². The maximum absolute atomic E-state index is 13.2. The lowest BCUT2D eigenvalue weighted by atomic mass is 10.0. The Kier molecular flexibility index (Phi) is 13.3. The van der Waals surface area contributed by atoms with Crippen LogP contribution >= 0.6 is 11.6 Å². The summed E-state index contributed by atoms with van der Waals surface area (Å²) in [7, 11) is 0. The first-order valence-electron chi connectivity index (χ1n) is 21.3. The lowest BCUT2D eigenvalue weighted by Gasteiger charge is -2.43. The summed E-state index contributed by atoms with van der Waals surface area (Å²) in [5.74, 6) is 0.00984. The summed E-state index contributed by atoms with van der Waals surface area (Å²) >= 11 is 4.85. The van der Waals surface area contributed by atoms with Gasteiger partial charge in [0.2, 0.25) is 11.8 Å². The molecule has 18 heteroatoms. The molecule has 6 heterocycles. The number of piperidine rings is 2. The summed E-state index contributed by atoms with van der Waals surface area (Å²) in [5, 5.41) is 12.3. The number of aromatic amines is 1. The number of hydrogen-bond donors (Lipinski definition) is 3. The van der Waals surface area contributed by atoms with Crippen molar-refractivity contribution in [3.05, 3.63) is 83.7 Å². The molecule has 4 amide bonds. The third kappa shape index (κ3) is 10.3. The number of carbonyl (C=O) groups is 4. The van der Waals surface area contributed by atoms with Gasteiger partial charge in [-0.15, -0.1) is 8.78 Å². The zero-order valence-electron chi connectivity index (χ0n) is 34.3. The largest absolute Gasteiger partial charge is 0.493 e. The fraction of sp³-hybridized carbons (Fsp3) is 0.455. The molecule has 62 heavy (non-hydrogen) atoms. The van der Waals surface area contributed by atoms with Gasteiger partial charge in [-0.3, -0.25) is 34.5 Å². The smallest absolute Gasteiger partial charge is 0.487 e. The van der Waals surface area contributed by atoms with Gasteiger partial charge >= 0.3 is 5.57 Å². The molecule has 328 valence electrons. The monoisotopic (exact) mass is 873 g/mol. The van der Waals surface area contributed by atoms with E-state index in [1.54, 1.807) is 29.4 Å². The van der Waals surface area contributed by atoms with E-state index in [0.717, 1.165) is 107 Å². The summed E-state index contributed by atoms with van der Waals surface area (Å²) in [6.07, 6.45) is 9.98. The molecule has 0 aliphatic carbocycles. The lowest BCUT2D eigenvalue weighted by Crippen LogP contribution is -2.53. The number of carbonyl (C=O) groups excluding carboxylic acids is 4. The van der Waals surface area contributed by atoms with Crippen LogP contribution in [-0.4, -0.2) is 124 Å². The average Bonchev–Trinajstić information content (AvgIpc) is 3.93. The number of piperazine rings is 1. The summed E-state index contributed by atoms with van der Waals surface area (Å²) in [6.45, 7) is 7.77. The van der Waals surface area contributed by atoms with Crippen LogP contribution in [0.4, 0.5) is 20.3 Å². The molecule has 15 nitrogen and oxygen atoms in total. The van der Waals surface area contributed by atoms with Crippen molar-refractivity contribution in [2.24, 2.45) is 0 Å². The predicted molar refractivity (Wildman–Crippen MR) is 227 cm³/mol. The number of hydrogen-bond acceptors (Lipinski definition) is 11. The number of imide groups is 1. The van der Waals surface area contributed by atoms with Gasteiger partial charge < -0.3 is 29.5 Å². The Labute approximate surface area is 363 Å². The molecule has 3 N–H and O–H groups in total. The molecule has 0 bridgehead atoms. The first kappa shape index (κ1) is 43.0. The van der Waals surface area contributed by atoms with Crippen LogP contribution in [0.3, 0.4) is 0 Å². The summed E-state index contributed by atoms with van der Waals surface area (Å²) in [4.78, 5) is 64.2. The molecule has 3 fully saturated rings. The van der Waals surface area contributed by atoms with Gasteiger partial charge in [0.05, 0.1) is 24.4 Å². The van der Waals surface area contributed by atoms with Crippen molar-refractivity contribution >= 4 is 46.7 Å². The Morgan fingerprint density at radius 3 is 2.42 bits per heavy atom. The third-order valence-electron chi connectivity index (χ3n) is 12.1. The van der Waals surface area contributed by atoms with Crippen LogP contribution in [0, 0.1) is 0 Å². The van der Waals surface area contributed by atoms with Crippen molar-refractivity contribution in [1.82, 2.24) is 35.2 Å². The molecule has 3 saturated heterocycles.